The molecule has 0 aliphatic carbocycles. The van der Waals surface area contributed by atoms with Crippen LogP contribution in [0.1, 0.15) is 25.7 Å². The number of anilines is 1. The van der Waals surface area contributed by atoms with E-state index in [9.17, 15) is 12.8 Å². The van der Waals surface area contributed by atoms with Crippen LogP contribution in [0.25, 0.3) is 0 Å². The minimum Gasteiger partial charge on any atom is -0.494 e. The highest BCUT2D eigenvalue weighted by Gasteiger charge is 2.24. The van der Waals surface area contributed by atoms with Gasteiger partial charge in [-0.25, -0.2) is 12.8 Å². The van der Waals surface area contributed by atoms with E-state index in [-0.39, 0.29) is 4.90 Å². The molecule has 0 N–H and O–H groups in total. The maximum absolute atomic E-state index is 13.9. The summed E-state index contributed by atoms with van der Waals surface area (Å²) in [6.45, 7) is 6.33. The van der Waals surface area contributed by atoms with Crippen molar-refractivity contribution in [1.82, 2.24) is 4.90 Å². The van der Waals surface area contributed by atoms with Crippen LogP contribution in [0, 0.1) is 5.82 Å². The number of ether oxygens (including phenoxy) is 1. The van der Waals surface area contributed by atoms with Crippen molar-refractivity contribution in [3.05, 3.63) is 67.0 Å². The molecule has 0 radical (unpaired) electrons. The van der Waals surface area contributed by atoms with Crippen LogP contribution in [0.5, 0.6) is 5.75 Å². The summed E-state index contributed by atoms with van der Waals surface area (Å²) >= 11 is 0. The maximum Gasteiger partial charge on any atom is 0.266 e. The van der Waals surface area contributed by atoms with E-state index in [1.165, 1.54) is 25.2 Å². The molecule has 30 heavy (non-hydrogen) atoms. The molecule has 0 unspecified atom stereocenters. The van der Waals surface area contributed by atoms with E-state index >= 15 is 0 Å². The van der Waals surface area contributed by atoms with E-state index in [2.05, 4.69) is 18.5 Å². The summed E-state index contributed by atoms with van der Waals surface area (Å²) in [4.78, 5) is 1.90. The van der Waals surface area contributed by atoms with Crippen molar-refractivity contribution < 1.29 is 17.5 Å². The summed E-state index contributed by atoms with van der Waals surface area (Å²) in [6.07, 6.45) is 6.29. The molecule has 2 rings (SSSR count). The second kappa shape index (κ2) is 11.7. The molecule has 5 nitrogen and oxygen atoms in total. The van der Waals surface area contributed by atoms with Gasteiger partial charge in [0.1, 0.15) is 16.5 Å². The molecule has 7 heteroatoms. The Labute approximate surface area is 179 Å². The van der Waals surface area contributed by atoms with Gasteiger partial charge in [-0.1, -0.05) is 31.1 Å². The van der Waals surface area contributed by atoms with E-state index in [1.807, 2.05) is 6.08 Å². The highest BCUT2D eigenvalue weighted by Crippen LogP contribution is 2.25. The first kappa shape index (κ1) is 23.9. The van der Waals surface area contributed by atoms with Gasteiger partial charge in [0.2, 0.25) is 0 Å². The van der Waals surface area contributed by atoms with E-state index in [4.69, 9.17) is 4.74 Å². The monoisotopic (exact) mass is 434 g/mol. The quantitative estimate of drug-likeness (QED) is 0.338. The zero-order valence-electron chi connectivity index (χ0n) is 17.8. The summed E-state index contributed by atoms with van der Waals surface area (Å²) in [5, 5.41) is 0. The molecule has 2 aromatic rings. The Hall–Kier alpha value is -2.38. The first-order valence-corrected chi connectivity index (χ1v) is 11.6. The Balaban J connectivity index is 1.80. The molecular weight excluding hydrogens is 403 g/mol. The Kier molecular flexibility index (Phi) is 9.33. The summed E-state index contributed by atoms with van der Waals surface area (Å²) in [5.41, 5.74) is 0.439. The molecule has 0 aromatic heterocycles. The highest BCUT2D eigenvalue weighted by atomic mass is 32.2. The minimum atomic E-state index is -3.97. The number of unbranched alkanes of at least 4 members (excludes halogenated alkanes) is 3. The van der Waals surface area contributed by atoms with Gasteiger partial charge in [0.05, 0.1) is 12.3 Å². The van der Waals surface area contributed by atoms with Crippen LogP contribution in [-0.4, -0.2) is 47.1 Å². The third kappa shape index (κ3) is 6.85. The molecule has 0 fully saturated rings. The zero-order chi connectivity index (χ0) is 22.0. The maximum atomic E-state index is 13.9. The Morgan fingerprint density at radius 3 is 2.33 bits per heavy atom. The fraction of sp³-hybridized carbons (Fsp3) is 0.391. The van der Waals surface area contributed by atoms with Crippen molar-refractivity contribution >= 4 is 15.7 Å². The van der Waals surface area contributed by atoms with Gasteiger partial charge in [0.25, 0.3) is 10.0 Å². The third-order valence-electron chi connectivity index (χ3n) is 4.82. The second-order valence-corrected chi connectivity index (χ2v) is 9.15. The lowest BCUT2D eigenvalue weighted by molar-refractivity contribution is 0.300. The predicted molar refractivity (Wildman–Crippen MR) is 120 cm³/mol. The first-order chi connectivity index (χ1) is 14.4. The number of benzene rings is 2. The molecule has 0 bridgehead atoms. The first-order valence-electron chi connectivity index (χ1n) is 10.1. The summed E-state index contributed by atoms with van der Waals surface area (Å²) in [6, 6.07) is 12.1. The van der Waals surface area contributed by atoms with E-state index in [1.54, 1.807) is 24.3 Å². The lowest BCUT2D eigenvalue weighted by atomic mass is 10.2. The molecule has 164 valence electrons. The van der Waals surface area contributed by atoms with Gasteiger partial charge in [-0.15, -0.1) is 6.58 Å². The minimum absolute atomic E-state index is 0.344. The average molecular weight is 435 g/mol. The molecule has 0 saturated carbocycles. The number of hydrogen-bond acceptors (Lipinski definition) is 4. The predicted octanol–water partition coefficient (Wildman–Crippen LogP) is 4.71. The van der Waals surface area contributed by atoms with Gasteiger partial charge in [-0.05, 0) is 62.8 Å². The van der Waals surface area contributed by atoms with Crippen LogP contribution in [0.15, 0.2) is 66.1 Å². The average Bonchev–Trinajstić information content (AvgIpc) is 2.73. The van der Waals surface area contributed by atoms with Crippen molar-refractivity contribution in [3.63, 3.8) is 0 Å². The van der Waals surface area contributed by atoms with Crippen LogP contribution in [-0.2, 0) is 10.0 Å². The van der Waals surface area contributed by atoms with Crippen molar-refractivity contribution in [2.45, 2.75) is 30.6 Å². The summed E-state index contributed by atoms with van der Waals surface area (Å²) < 4.78 is 46.1. The Bertz CT molecular complexity index is 901. The smallest absolute Gasteiger partial charge is 0.266 e. The largest absolute Gasteiger partial charge is 0.494 e. The van der Waals surface area contributed by atoms with Crippen LogP contribution in [0.2, 0.25) is 0 Å². The number of sulfonamides is 1. The zero-order valence-corrected chi connectivity index (χ0v) is 18.6. The number of likely N-dealkylation sites (N-methyl/N-ethyl adjacent to an activating group) is 1. The van der Waals surface area contributed by atoms with Gasteiger partial charge in [-0.3, -0.25) is 4.31 Å². The molecule has 0 heterocycles. The fourth-order valence-electron chi connectivity index (χ4n) is 3.03. The molecule has 0 saturated heterocycles. The van der Waals surface area contributed by atoms with Gasteiger partial charge in [0, 0.05) is 13.6 Å². The highest BCUT2D eigenvalue weighted by molar-refractivity contribution is 7.92. The van der Waals surface area contributed by atoms with E-state index < -0.39 is 15.8 Å². The lowest BCUT2D eigenvalue weighted by Crippen LogP contribution is -2.27. The molecule has 0 amide bonds. The van der Waals surface area contributed by atoms with Crippen molar-refractivity contribution in [1.29, 1.82) is 0 Å². The van der Waals surface area contributed by atoms with Crippen LogP contribution in [0.3, 0.4) is 0 Å². The fourth-order valence-corrected chi connectivity index (χ4v) is 4.29. The van der Waals surface area contributed by atoms with Gasteiger partial charge in [0.15, 0.2) is 0 Å². The standard InChI is InChI=1S/C23H31FN2O3S/c1-4-17-25(2)18-9-5-6-10-19-29-21-15-13-20(14-16-21)26(3)30(27,28)23-12-8-7-11-22(23)24/h4,7-8,11-16H,1,5-6,9-10,17-19H2,2-3H3. The van der Waals surface area contributed by atoms with Crippen molar-refractivity contribution in [2.24, 2.45) is 0 Å². The molecule has 2 aromatic carbocycles. The molecule has 0 aliphatic rings. The number of hydrogen-bond donors (Lipinski definition) is 0. The van der Waals surface area contributed by atoms with Crippen LogP contribution in [0.4, 0.5) is 10.1 Å². The molecular formula is C23H31FN2O3S. The van der Waals surface area contributed by atoms with Gasteiger partial charge < -0.3 is 9.64 Å². The SMILES string of the molecule is C=CCN(C)CCCCCCOc1ccc(N(C)S(=O)(=O)c2ccccc2F)cc1. The number of nitrogens with zero attached hydrogens (tertiary/aromatic N) is 2. The molecule has 0 atom stereocenters. The number of halogens is 1. The van der Waals surface area contributed by atoms with Crippen molar-refractivity contribution in [2.75, 3.05) is 38.1 Å². The topological polar surface area (TPSA) is 49.9 Å². The molecule has 0 aliphatic heterocycles. The van der Waals surface area contributed by atoms with E-state index in [0.29, 0.717) is 18.0 Å². The normalized spacial score (nSPS) is 11.5. The summed E-state index contributed by atoms with van der Waals surface area (Å²) in [7, 11) is -0.469. The van der Waals surface area contributed by atoms with Crippen molar-refractivity contribution in [3.8, 4) is 5.75 Å². The summed E-state index contributed by atoms with van der Waals surface area (Å²) in [5.74, 6) is -0.0854. The van der Waals surface area contributed by atoms with Gasteiger partial charge in [-0.2, -0.15) is 0 Å². The van der Waals surface area contributed by atoms with Crippen LogP contribution < -0.4 is 9.04 Å². The Morgan fingerprint density at radius 1 is 1.00 bits per heavy atom. The van der Waals surface area contributed by atoms with E-state index in [0.717, 1.165) is 49.1 Å². The second-order valence-electron chi connectivity index (χ2n) is 7.21. The lowest BCUT2D eigenvalue weighted by Gasteiger charge is -2.20. The number of rotatable bonds is 13. The third-order valence-corrected chi connectivity index (χ3v) is 6.64. The Morgan fingerprint density at radius 2 is 1.67 bits per heavy atom. The van der Waals surface area contributed by atoms with Crippen LogP contribution >= 0.6 is 0 Å². The molecule has 0 spiro atoms. The van der Waals surface area contributed by atoms with Gasteiger partial charge >= 0.3 is 0 Å².